The van der Waals surface area contributed by atoms with Crippen LogP contribution in [0.15, 0.2) is 84.0 Å². The summed E-state index contributed by atoms with van der Waals surface area (Å²) >= 11 is 1.33. The zero-order valence-electron chi connectivity index (χ0n) is 17.5. The molecule has 0 aliphatic carbocycles. The number of tetrazole rings is 1. The number of nitrogens with zero attached hydrogens (tertiary/aromatic N) is 5. The van der Waals surface area contributed by atoms with Crippen LogP contribution in [0.4, 0.5) is 5.69 Å². The van der Waals surface area contributed by atoms with Gasteiger partial charge in [-0.25, -0.2) is 0 Å². The largest absolute Gasteiger partial charge is 0.489 e. The number of fused-ring (bicyclic) bond motifs is 1. The molecule has 3 aromatic carbocycles. The lowest BCUT2D eigenvalue weighted by atomic mass is 10.0. The first-order valence-corrected chi connectivity index (χ1v) is 11.3. The number of carbonyl (C=O) groups excluding carboxylic acids is 1. The fourth-order valence-corrected chi connectivity index (χ4v) is 4.58. The molecule has 0 radical (unpaired) electrons. The molecule has 1 amide bonds. The summed E-state index contributed by atoms with van der Waals surface area (Å²) < 4.78 is 7.65. The van der Waals surface area contributed by atoms with Gasteiger partial charge in [0.05, 0.1) is 23.2 Å². The number of hydrogen-bond donors (Lipinski definition) is 0. The van der Waals surface area contributed by atoms with Crippen molar-refractivity contribution in [3.05, 3.63) is 90.0 Å². The van der Waals surface area contributed by atoms with Crippen molar-refractivity contribution in [3.63, 3.8) is 0 Å². The van der Waals surface area contributed by atoms with Crippen LogP contribution < -0.4 is 9.64 Å². The molecule has 0 spiro atoms. The van der Waals surface area contributed by atoms with Crippen LogP contribution in [0.2, 0.25) is 0 Å². The van der Waals surface area contributed by atoms with Gasteiger partial charge < -0.3 is 4.74 Å². The number of ether oxygens (including phenoxy) is 1. The van der Waals surface area contributed by atoms with E-state index in [-0.39, 0.29) is 17.7 Å². The minimum atomic E-state index is -0.202. The van der Waals surface area contributed by atoms with Crippen molar-refractivity contribution < 1.29 is 9.53 Å². The van der Waals surface area contributed by atoms with Crippen molar-refractivity contribution >= 4 is 23.4 Å². The van der Waals surface area contributed by atoms with Crippen molar-refractivity contribution in [2.24, 2.45) is 0 Å². The van der Waals surface area contributed by atoms with E-state index in [1.807, 2.05) is 90.7 Å². The van der Waals surface area contributed by atoms with E-state index in [2.05, 4.69) is 15.5 Å². The minimum absolute atomic E-state index is 0.0288. The number of benzene rings is 3. The molecule has 0 saturated carbocycles. The Hall–Kier alpha value is -3.65. The van der Waals surface area contributed by atoms with Gasteiger partial charge in [0.1, 0.15) is 12.4 Å². The van der Waals surface area contributed by atoms with Crippen LogP contribution in [-0.4, -0.2) is 38.5 Å². The summed E-state index contributed by atoms with van der Waals surface area (Å²) in [4.78, 5) is 15.4. The maximum atomic E-state index is 13.5. The van der Waals surface area contributed by atoms with Crippen molar-refractivity contribution in [1.29, 1.82) is 0 Å². The Balaban J connectivity index is 1.42. The summed E-state index contributed by atoms with van der Waals surface area (Å²) in [5.74, 6) is 0.880. The fourth-order valence-electron chi connectivity index (χ4n) is 3.84. The van der Waals surface area contributed by atoms with Gasteiger partial charge in [0.2, 0.25) is 11.1 Å². The number of anilines is 1. The van der Waals surface area contributed by atoms with Crippen molar-refractivity contribution in [2.75, 3.05) is 17.3 Å². The predicted octanol–water partition coefficient (Wildman–Crippen LogP) is 4.23. The molecule has 8 heteroatoms. The first-order chi connectivity index (χ1) is 15.7. The monoisotopic (exact) mass is 443 g/mol. The lowest BCUT2D eigenvalue weighted by molar-refractivity contribution is -0.117. The molecule has 32 heavy (non-hydrogen) atoms. The zero-order chi connectivity index (χ0) is 21.9. The van der Waals surface area contributed by atoms with Gasteiger partial charge in [-0.05, 0) is 46.7 Å². The molecule has 2 heterocycles. The lowest BCUT2D eigenvalue weighted by Crippen LogP contribution is -2.42. The molecule has 160 valence electrons. The highest BCUT2D eigenvalue weighted by atomic mass is 32.2. The van der Waals surface area contributed by atoms with Gasteiger partial charge in [-0.1, -0.05) is 72.4 Å². The molecule has 0 saturated heterocycles. The smallest absolute Gasteiger partial charge is 0.238 e. The third kappa shape index (κ3) is 3.85. The highest BCUT2D eigenvalue weighted by Crippen LogP contribution is 2.39. The average Bonchev–Trinajstić information content (AvgIpc) is 3.31. The first-order valence-electron chi connectivity index (χ1n) is 10.3. The third-order valence-electron chi connectivity index (χ3n) is 5.40. The van der Waals surface area contributed by atoms with Crippen LogP contribution in [-0.2, 0) is 4.79 Å². The number of amides is 1. The maximum absolute atomic E-state index is 13.5. The number of aromatic nitrogens is 4. The molecule has 0 N–H and O–H groups in total. The summed E-state index contributed by atoms with van der Waals surface area (Å²) in [6.45, 7) is 2.41. The predicted molar refractivity (Wildman–Crippen MR) is 123 cm³/mol. The molecule has 0 fully saturated rings. The van der Waals surface area contributed by atoms with E-state index in [4.69, 9.17) is 4.74 Å². The molecular formula is C24H21N5O2S. The Labute approximate surface area is 190 Å². The van der Waals surface area contributed by atoms with E-state index < -0.39 is 0 Å². The summed E-state index contributed by atoms with van der Waals surface area (Å²) in [5.41, 5.74) is 3.76. The van der Waals surface area contributed by atoms with Crippen molar-refractivity contribution in [1.82, 2.24) is 20.2 Å². The summed E-state index contributed by atoms with van der Waals surface area (Å²) in [5, 5.41) is 12.7. The van der Waals surface area contributed by atoms with Gasteiger partial charge >= 0.3 is 0 Å². The second-order valence-electron chi connectivity index (χ2n) is 7.42. The van der Waals surface area contributed by atoms with Crippen LogP contribution in [0.3, 0.4) is 0 Å². The molecule has 1 aliphatic rings. The van der Waals surface area contributed by atoms with E-state index in [0.29, 0.717) is 17.5 Å². The average molecular weight is 444 g/mol. The molecule has 1 aromatic heterocycles. The first kappa shape index (κ1) is 20.3. The standard InChI is InChI=1S/C24H21N5O2S/c1-17-9-5-6-12-19(17)29-24(25-26-27-29)32-16-23(30)28-20-13-7-8-14-22(20)31-15-21(28)18-10-3-2-4-11-18/h2-14,21H,15-16H2,1H3/t21-/m1/s1. The number of rotatable bonds is 5. The SMILES string of the molecule is Cc1ccccc1-n1nnnc1SCC(=O)N1c2ccccc2OC[C@@H]1c1ccccc1. The fraction of sp³-hybridized carbons (Fsp3) is 0.167. The summed E-state index contributed by atoms with van der Waals surface area (Å²) in [7, 11) is 0. The number of hydrogen-bond acceptors (Lipinski definition) is 6. The molecule has 5 rings (SSSR count). The Morgan fingerprint density at radius 1 is 1.00 bits per heavy atom. The summed E-state index contributed by atoms with van der Waals surface area (Å²) in [6.07, 6.45) is 0. The quantitative estimate of drug-likeness (QED) is 0.430. The third-order valence-corrected chi connectivity index (χ3v) is 6.30. The van der Waals surface area contributed by atoms with E-state index in [9.17, 15) is 4.79 Å². The molecule has 1 aliphatic heterocycles. The van der Waals surface area contributed by atoms with Crippen LogP contribution >= 0.6 is 11.8 Å². The van der Waals surface area contributed by atoms with E-state index in [0.717, 1.165) is 22.5 Å². The van der Waals surface area contributed by atoms with E-state index >= 15 is 0 Å². The van der Waals surface area contributed by atoms with Crippen LogP contribution in [0.25, 0.3) is 5.69 Å². The highest BCUT2D eigenvalue weighted by molar-refractivity contribution is 7.99. The summed E-state index contributed by atoms with van der Waals surface area (Å²) in [6, 6.07) is 25.3. The Kier molecular flexibility index (Phi) is 5.60. The number of para-hydroxylation sites is 3. The maximum Gasteiger partial charge on any atom is 0.238 e. The van der Waals surface area contributed by atoms with Gasteiger partial charge in [-0.15, -0.1) is 5.10 Å². The van der Waals surface area contributed by atoms with E-state index in [1.54, 1.807) is 4.68 Å². The van der Waals surface area contributed by atoms with Gasteiger partial charge in [0, 0.05) is 0 Å². The van der Waals surface area contributed by atoms with Crippen LogP contribution in [0.5, 0.6) is 5.75 Å². The number of carbonyl (C=O) groups is 1. The molecule has 1 atom stereocenters. The second-order valence-corrected chi connectivity index (χ2v) is 8.36. The molecular weight excluding hydrogens is 422 g/mol. The second kappa shape index (κ2) is 8.84. The number of aryl methyl sites for hydroxylation is 1. The zero-order valence-corrected chi connectivity index (χ0v) is 18.3. The Morgan fingerprint density at radius 3 is 2.53 bits per heavy atom. The van der Waals surface area contributed by atoms with Crippen LogP contribution in [0, 0.1) is 6.92 Å². The Morgan fingerprint density at radius 2 is 1.72 bits per heavy atom. The van der Waals surface area contributed by atoms with Crippen molar-refractivity contribution in [2.45, 2.75) is 18.1 Å². The molecule has 7 nitrogen and oxygen atoms in total. The van der Waals surface area contributed by atoms with Gasteiger partial charge in [-0.3, -0.25) is 9.69 Å². The highest BCUT2D eigenvalue weighted by Gasteiger charge is 2.33. The molecule has 0 unspecified atom stereocenters. The normalized spacial score (nSPS) is 15.2. The molecule has 4 aromatic rings. The van der Waals surface area contributed by atoms with Crippen molar-refractivity contribution in [3.8, 4) is 11.4 Å². The topological polar surface area (TPSA) is 73.1 Å². The van der Waals surface area contributed by atoms with Crippen LogP contribution in [0.1, 0.15) is 17.2 Å². The minimum Gasteiger partial charge on any atom is -0.489 e. The molecule has 0 bridgehead atoms. The van der Waals surface area contributed by atoms with E-state index in [1.165, 1.54) is 11.8 Å². The Bertz CT molecular complexity index is 1240. The van der Waals surface area contributed by atoms with Gasteiger partial charge in [-0.2, -0.15) is 4.68 Å². The van der Waals surface area contributed by atoms with Gasteiger partial charge in [0.25, 0.3) is 0 Å². The number of thioether (sulfide) groups is 1. The lowest BCUT2D eigenvalue weighted by Gasteiger charge is -2.37. The van der Waals surface area contributed by atoms with Gasteiger partial charge in [0.15, 0.2) is 0 Å².